The molecule has 0 aliphatic heterocycles. The van der Waals surface area contributed by atoms with Crippen molar-refractivity contribution in [2.24, 2.45) is 11.1 Å². The minimum absolute atomic E-state index is 0.0672. The van der Waals surface area contributed by atoms with Gasteiger partial charge in [-0.3, -0.25) is 4.79 Å². The Hall–Kier alpha value is -1.46. The van der Waals surface area contributed by atoms with Crippen LogP contribution in [0, 0.1) is 11.2 Å². The summed E-state index contributed by atoms with van der Waals surface area (Å²) < 4.78 is 19.3. The second-order valence-corrected chi connectivity index (χ2v) is 6.05. The molecule has 0 fully saturated rings. The number of benzene rings is 1. The van der Waals surface area contributed by atoms with Gasteiger partial charge in [-0.2, -0.15) is 0 Å². The molecule has 4 nitrogen and oxygen atoms in total. The van der Waals surface area contributed by atoms with Crippen molar-refractivity contribution in [3.8, 4) is 0 Å². The lowest BCUT2D eigenvalue weighted by atomic mass is 9.84. The van der Waals surface area contributed by atoms with Crippen LogP contribution in [0.3, 0.4) is 0 Å². The van der Waals surface area contributed by atoms with Gasteiger partial charge in [-0.25, -0.2) is 9.18 Å². The minimum atomic E-state index is -1.17. The van der Waals surface area contributed by atoms with E-state index in [0.29, 0.717) is 0 Å². The zero-order chi connectivity index (χ0) is 16.4. The molecule has 0 heterocycles. The maximum atomic E-state index is 14.5. The zero-order valence-corrected chi connectivity index (χ0v) is 13.3. The van der Waals surface area contributed by atoms with E-state index in [2.05, 4.69) is 0 Å². The van der Waals surface area contributed by atoms with E-state index in [4.69, 9.17) is 22.1 Å². The number of esters is 1. The van der Waals surface area contributed by atoms with Gasteiger partial charge in [-0.1, -0.05) is 38.4 Å². The SMILES string of the molecule is CCOC(=O)c1c(Cl)ccc(C(N)C(=O)C(C)(C)C)c1F. The average molecular weight is 316 g/mol. The lowest BCUT2D eigenvalue weighted by Crippen LogP contribution is -2.33. The van der Waals surface area contributed by atoms with Crippen molar-refractivity contribution in [1.29, 1.82) is 0 Å². The van der Waals surface area contributed by atoms with Gasteiger partial charge < -0.3 is 10.5 Å². The van der Waals surface area contributed by atoms with Crippen molar-refractivity contribution >= 4 is 23.4 Å². The molecule has 0 spiro atoms. The van der Waals surface area contributed by atoms with Gasteiger partial charge in [-0.15, -0.1) is 0 Å². The fourth-order valence-corrected chi connectivity index (χ4v) is 2.03. The molecule has 0 aliphatic carbocycles. The van der Waals surface area contributed by atoms with Crippen molar-refractivity contribution < 1.29 is 18.7 Å². The van der Waals surface area contributed by atoms with Gasteiger partial charge in [0.05, 0.1) is 17.7 Å². The van der Waals surface area contributed by atoms with Crippen LogP contribution in [-0.2, 0) is 9.53 Å². The Morgan fingerprint density at radius 1 is 1.38 bits per heavy atom. The Morgan fingerprint density at radius 3 is 2.43 bits per heavy atom. The normalized spacial score (nSPS) is 12.9. The smallest absolute Gasteiger partial charge is 0.342 e. The first kappa shape index (κ1) is 17.6. The first-order chi connectivity index (χ1) is 9.61. The Labute approximate surface area is 128 Å². The Bertz CT molecular complexity index is 567. The topological polar surface area (TPSA) is 69.4 Å². The molecule has 0 saturated carbocycles. The second kappa shape index (κ2) is 6.54. The van der Waals surface area contributed by atoms with Crippen LogP contribution in [0.15, 0.2) is 12.1 Å². The average Bonchev–Trinajstić information content (AvgIpc) is 2.36. The second-order valence-electron chi connectivity index (χ2n) is 5.64. The van der Waals surface area contributed by atoms with Crippen molar-refractivity contribution in [3.05, 3.63) is 34.1 Å². The number of ether oxygens (including phenoxy) is 1. The predicted molar refractivity (Wildman–Crippen MR) is 78.8 cm³/mol. The summed E-state index contributed by atoms with van der Waals surface area (Å²) in [5.74, 6) is -2.12. The van der Waals surface area contributed by atoms with Crippen LogP contribution in [0.5, 0.6) is 0 Å². The highest BCUT2D eigenvalue weighted by Gasteiger charge is 2.32. The third-order valence-electron chi connectivity index (χ3n) is 2.96. The predicted octanol–water partition coefficient (Wildman–Crippen LogP) is 3.27. The number of rotatable bonds is 4. The standard InChI is InChI=1S/C15H19ClFNO3/c1-5-21-14(20)10-9(16)7-6-8(11(10)17)12(18)13(19)15(2,3)4/h6-7,12H,5,18H2,1-4H3. The minimum Gasteiger partial charge on any atom is -0.462 e. The Balaban J connectivity index is 3.31. The quantitative estimate of drug-likeness (QED) is 0.866. The van der Waals surface area contributed by atoms with Gasteiger partial charge >= 0.3 is 5.97 Å². The molecule has 6 heteroatoms. The number of hydrogen-bond donors (Lipinski definition) is 1. The lowest BCUT2D eigenvalue weighted by molar-refractivity contribution is -0.127. The van der Waals surface area contributed by atoms with E-state index in [1.165, 1.54) is 12.1 Å². The number of hydrogen-bond acceptors (Lipinski definition) is 4. The molecular weight excluding hydrogens is 297 g/mol. The highest BCUT2D eigenvalue weighted by molar-refractivity contribution is 6.33. The summed E-state index contributed by atoms with van der Waals surface area (Å²) in [5, 5.41) is -0.0786. The van der Waals surface area contributed by atoms with E-state index in [1.807, 2.05) is 0 Å². The number of carbonyl (C=O) groups excluding carboxylic acids is 2. The highest BCUT2D eigenvalue weighted by atomic mass is 35.5. The summed E-state index contributed by atoms with van der Waals surface area (Å²) in [6.07, 6.45) is 0. The largest absolute Gasteiger partial charge is 0.462 e. The molecule has 1 rings (SSSR count). The monoisotopic (exact) mass is 315 g/mol. The summed E-state index contributed by atoms with van der Waals surface area (Å²) >= 11 is 5.84. The van der Waals surface area contributed by atoms with Crippen LogP contribution < -0.4 is 5.73 Å². The van der Waals surface area contributed by atoms with Gasteiger partial charge in [-0.05, 0) is 13.0 Å². The van der Waals surface area contributed by atoms with Crippen LogP contribution >= 0.6 is 11.6 Å². The molecule has 0 bridgehead atoms. The number of halogens is 2. The van der Waals surface area contributed by atoms with E-state index in [0.717, 1.165) is 0 Å². The van der Waals surface area contributed by atoms with Crippen molar-refractivity contribution in [3.63, 3.8) is 0 Å². The third-order valence-corrected chi connectivity index (χ3v) is 3.27. The van der Waals surface area contributed by atoms with Crippen molar-refractivity contribution in [2.75, 3.05) is 6.61 Å². The first-order valence-corrected chi connectivity index (χ1v) is 6.94. The Morgan fingerprint density at radius 2 is 1.95 bits per heavy atom. The molecular formula is C15H19ClFNO3. The molecule has 2 N–H and O–H groups in total. The zero-order valence-electron chi connectivity index (χ0n) is 12.5. The maximum Gasteiger partial charge on any atom is 0.342 e. The molecule has 21 heavy (non-hydrogen) atoms. The van der Waals surface area contributed by atoms with Crippen LogP contribution in [0.2, 0.25) is 5.02 Å². The number of ketones is 1. The van der Waals surface area contributed by atoms with Crippen LogP contribution in [0.25, 0.3) is 0 Å². The number of Topliss-reactive ketones (excluding diaryl/α,β-unsaturated/α-hetero) is 1. The first-order valence-electron chi connectivity index (χ1n) is 6.56. The molecule has 0 radical (unpaired) electrons. The number of nitrogens with two attached hydrogens (primary N) is 1. The molecule has 1 unspecified atom stereocenters. The van der Waals surface area contributed by atoms with Gasteiger partial charge in [0.2, 0.25) is 0 Å². The molecule has 1 aromatic rings. The van der Waals surface area contributed by atoms with Crippen molar-refractivity contribution in [1.82, 2.24) is 0 Å². The van der Waals surface area contributed by atoms with Crippen LogP contribution in [0.4, 0.5) is 4.39 Å². The number of carbonyl (C=O) groups is 2. The summed E-state index contributed by atoms with van der Waals surface area (Å²) in [5.41, 5.74) is 4.64. The van der Waals surface area contributed by atoms with Gasteiger partial charge in [0.15, 0.2) is 5.78 Å². The Kier molecular flexibility index (Phi) is 5.48. The van der Waals surface area contributed by atoms with E-state index in [1.54, 1.807) is 27.7 Å². The third kappa shape index (κ3) is 3.80. The molecule has 0 aromatic heterocycles. The summed E-state index contributed by atoms with van der Waals surface area (Å²) in [6, 6.07) is 1.48. The molecule has 0 aliphatic rings. The fraction of sp³-hybridized carbons (Fsp3) is 0.467. The van der Waals surface area contributed by atoms with Crippen LogP contribution in [0.1, 0.15) is 49.7 Å². The molecule has 0 amide bonds. The molecule has 1 aromatic carbocycles. The maximum absolute atomic E-state index is 14.5. The highest BCUT2D eigenvalue weighted by Crippen LogP contribution is 2.30. The summed E-state index contributed by atoms with van der Waals surface area (Å²) in [7, 11) is 0. The van der Waals surface area contributed by atoms with E-state index < -0.39 is 28.8 Å². The van der Waals surface area contributed by atoms with E-state index in [9.17, 15) is 14.0 Å². The summed E-state index contributed by atoms with van der Waals surface area (Å²) in [6.45, 7) is 6.76. The molecule has 1 atom stereocenters. The van der Waals surface area contributed by atoms with E-state index in [-0.39, 0.29) is 23.0 Å². The van der Waals surface area contributed by atoms with Gasteiger partial charge in [0.25, 0.3) is 0 Å². The van der Waals surface area contributed by atoms with Gasteiger partial charge in [0, 0.05) is 11.0 Å². The van der Waals surface area contributed by atoms with Gasteiger partial charge in [0.1, 0.15) is 11.4 Å². The lowest BCUT2D eigenvalue weighted by Gasteiger charge is -2.22. The van der Waals surface area contributed by atoms with Crippen molar-refractivity contribution in [2.45, 2.75) is 33.7 Å². The van der Waals surface area contributed by atoms with Crippen LogP contribution in [-0.4, -0.2) is 18.4 Å². The molecule has 0 saturated heterocycles. The summed E-state index contributed by atoms with van der Waals surface area (Å²) in [4.78, 5) is 23.9. The fourth-order valence-electron chi connectivity index (χ4n) is 1.81. The molecule has 116 valence electrons. The van der Waals surface area contributed by atoms with E-state index >= 15 is 0 Å².